The fourth-order valence-corrected chi connectivity index (χ4v) is 2.38. The molecule has 0 bridgehead atoms. The summed E-state index contributed by atoms with van der Waals surface area (Å²) in [5.41, 5.74) is 2.66. The van der Waals surface area contributed by atoms with Crippen LogP contribution in [-0.4, -0.2) is 37.5 Å². The molecular formula is C22H28O5. The van der Waals surface area contributed by atoms with Gasteiger partial charge in [0.25, 0.3) is 0 Å². The zero-order valence-corrected chi connectivity index (χ0v) is 16.2. The van der Waals surface area contributed by atoms with Crippen LogP contribution in [0.25, 0.3) is 11.1 Å². The summed E-state index contributed by atoms with van der Waals surface area (Å²) in [6.45, 7) is 10.7. The van der Waals surface area contributed by atoms with Gasteiger partial charge in [-0.15, -0.1) is 0 Å². The maximum absolute atomic E-state index is 9.70. The van der Waals surface area contributed by atoms with E-state index in [1.807, 2.05) is 62.4 Å². The molecule has 0 heterocycles. The third-order valence-electron chi connectivity index (χ3n) is 3.80. The van der Waals surface area contributed by atoms with Crippen molar-refractivity contribution in [1.82, 2.24) is 0 Å². The van der Waals surface area contributed by atoms with E-state index in [0.29, 0.717) is 31.1 Å². The third-order valence-corrected chi connectivity index (χ3v) is 3.80. The van der Waals surface area contributed by atoms with Gasteiger partial charge in [0.2, 0.25) is 6.29 Å². The van der Waals surface area contributed by atoms with E-state index in [1.54, 1.807) is 6.92 Å². The Kier molecular flexibility index (Phi) is 8.33. The maximum Gasteiger partial charge on any atom is 0.219 e. The zero-order valence-electron chi connectivity index (χ0n) is 16.2. The van der Waals surface area contributed by atoms with Crippen LogP contribution in [0.4, 0.5) is 0 Å². The zero-order chi connectivity index (χ0) is 19.6. The fourth-order valence-electron chi connectivity index (χ4n) is 2.38. The first-order valence-corrected chi connectivity index (χ1v) is 9.10. The van der Waals surface area contributed by atoms with Gasteiger partial charge in [-0.3, -0.25) is 0 Å². The highest BCUT2D eigenvalue weighted by Crippen LogP contribution is 2.25. The smallest absolute Gasteiger partial charge is 0.219 e. The van der Waals surface area contributed by atoms with E-state index in [9.17, 15) is 5.11 Å². The summed E-state index contributed by atoms with van der Waals surface area (Å²) in [4.78, 5) is 0. The molecule has 0 amide bonds. The average molecular weight is 372 g/mol. The first kappa shape index (κ1) is 21.0. The van der Waals surface area contributed by atoms with Gasteiger partial charge in [0.15, 0.2) is 6.29 Å². The summed E-state index contributed by atoms with van der Waals surface area (Å²) in [5, 5.41) is 9.70. The lowest BCUT2D eigenvalue weighted by atomic mass is 10.1. The number of hydrogen-bond acceptors (Lipinski definition) is 5. The summed E-state index contributed by atoms with van der Waals surface area (Å²) in [6.07, 6.45) is -1.36. The molecule has 0 fully saturated rings. The molecule has 0 aliphatic carbocycles. The molecule has 0 spiro atoms. The van der Waals surface area contributed by atoms with Crippen LogP contribution in [0.5, 0.6) is 11.5 Å². The summed E-state index contributed by atoms with van der Waals surface area (Å²) in [7, 11) is 0. The van der Waals surface area contributed by atoms with E-state index in [1.165, 1.54) is 0 Å². The van der Waals surface area contributed by atoms with Crippen LogP contribution in [0.3, 0.4) is 0 Å². The van der Waals surface area contributed by atoms with Crippen molar-refractivity contribution < 1.29 is 24.1 Å². The molecule has 1 N–H and O–H groups in total. The van der Waals surface area contributed by atoms with E-state index in [0.717, 1.165) is 16.9 Å². The average Bonchev–Trinajstić information content (AvgIpc) is 2.67. The number of ether oxygens (including phenoxy) is 4. The molecule has 1 unspecified atom stereocenters. The Morgan fingerprint density at radius 3 is 1.81 bits per heavy atom. The number of aliphatic hydroxyl groups is 1. The minimum atomic E-state index is -0.996. The lowest BCUT2D eigenvalue weighted by molar-refractivity contribution is -0.152. The minimum Gasteiger partial charge on any atom is -0.488 e. The van der Waals surface area contributed by atoms with Gasteiger partial charge in [0.1, 0.15) is 18.1 Å². The fraction of sp³-hybridized carbons (Fsp3) is 0.364. The monoisotopic (exact) mass is 372 g/mol. The van der Waals surface area contributed by atoms with Crippen molar-refractivity contribution in [2.75, 3.05) is 19.8 Å². The normalized spacial score (nSPS) is 12.0. The number of hydrogen-bond donors (Lipinski definition) is 1. The number of benzene rings is 2. The first-order valence-electron chi connectivity index (χ1n) is 9.10. The van der Waals surface area contributed by atoms with E-state index < -0.39 is 6.29 Å². The first-order chi connectivity index (χ1) is 13.0. The van der Waals surface area contributed by atoms with Crippen molar-refractivity contribution in [1.29, 1.82) is 0 Å². The lowest BCUT2D eigenvalue weighted by Gasteiger charge is -2.17. The quantitative estimate of drug-likeness (QED) is 0.468. The van der Waals surface area contributed by atoms with Crippen molar-refractivity contribution in [3.8, 4) is 22.6 Å². The van der Waals surface area contributed by atoms with Gasteiger partial charge in [-0.05, 0) is 61.7 Å². The molecule has 2 aromatic rings. The SMILES string of the molecule is C=C(C)C(O)Oc1ccc(-c2ccc(OCC(OCC)OCC)cc2)cc1. The van der Waals surface area contributed by atoms with Crippen molar-refractivity contribution in [3.63, 3.8) is 0 Å². The lowest BCUT2D eigenvalue weighted by Crippen LogP contribution is -2.25. The molecule has 0 saturated heterocycles. The molecule has 5 heteroatoms. The Hall–Kier alpha value is -2.34. The molecular weight excluding hydrogens is 344 g/mol. The van der Waals surface area contributed by atoms with Crippen LogP contribution in [0, 0.1) is 0 Å². The standard InChI is InChI=1S/C22H28O5/c1-5-24-21(25-6-2)15-26-19-11-7-17(8-12-19)18-9-13-20(14-10-18)27-22(23)16(3)4/h7-14,21-23H,3,5-6,15H2,1-2,4H3. The van der Waals surface area contributed by atoms with Crippen molar-refractivity contribution >= 4 is 0 Å². The van der Waals surface area contributed by atoms with Gasteiger partial charge in [0.05, 0.1) is 0 Å². The Bertz CT molecular complexity index is 688. The van der Waals surface area contributed by atoms with Gasteiger partial charge in [-0.2, -0.15) is 0 Å². The third kappa shape index (κ3) is 6.71. The van der Waals surface area contributed by atoms with Crippen LogP contribution in [0.15, 0.2) is 60.7 Å². The molecule has 0 aliphatic heterocycles. The highest BCUT2D eigenvalue weighted by molar-refractivity contribution is 5.64. The largest absolute Gasteiger partial charge is 0.488 e. The van der Waals surface area contributed by atoms with Crippen LogP contribution < -0.4 is 9.47 Å². The molecule has 2 aromatic carbocycles. The predicted molar refractivity (Wildman–Crippen MR) is 106 cm³/mol. The molecule has 0 aromatic heterocycles. The molecule has 5 nitrogen and oxygen atoms in total. The van der Waals surface area contributed by atoms with Crippen molar-refractivity contribution in [2.45, 2.75) is 33.4 Å². The second kappa shape index (κ2) is 10.7. The van der Waals surface area contributed by atoms with E-state index in [-0.39, 0.29) is 6.29 Å². The van der Waals surface area contributed by atoms with Crippen LogP contribution in [0.2, 0.25) is 0 Å². The van der Waals surface area contributed by atoms with Crippen LogP contribution in [-0.2, 0) is 9.47 Å². The predicted octanol–water partition coefficient (Wildman–Crippen LogP) is 4.40. The van der Waals surface area contributed by atoms with Gasteiger partial charge >= 0.3 is 0 Å². The maximum atomic E-state index is 9.70. The minimum absolute atomic E-state index is 0.345. The Labute approximate surface area is 161 Å². The summed E-state index contributed by atoms with van der Waals surface area (Å²) < 4.78 is 22.1. The van der Waals surface area contributed by atoms with E-state index >= 15 is 0 Å². The molecule has 0 aliphatic rings. The van der Waals surface area contributed by atoms with Crippen molar-refractivity contribution in [3.05, 3.63) is 60.7 Å². The number of aliphatic hydroxyl groups excluding tert-OH is 1. The molecule has 1 atom stereocenters. The summed E-state index contributed by atoms with van der Waals surface area (Å²) in [6, 6.07) is 15.3. The van der Waals surface area contributed by atoms with E-state index in [4.69, 9.17) is 18.9 Å². The summed E-state index contributed by atoms with van der Waals surface area (Å²) in [5.74, 6) is 1.35. The van der Waals surface area contributed by atoms with Crippen LogP contribution >= 0.6 is 0 Å². The molecule has 0 radical (unpaired) electrons. The van der Waals surface area contributed by atoms with Gasteiger partial charge in [-0.1, -0.05) is 30.8 Å². The van der Waals surface area contributed by atoms with E-state index in [2.05, 4.69) is 6.58 Å². The highest BCUT2D eigenvalue weighted by atomic mass is 16.7. The molecule has 0 saturated carbocycles. The summed E-state index contributed by atoms with van der Waals surface area (Å²) >= 11 is 0. The topological polar surface area (TPSA) is 57.2 Å². The number of rotatable bonds is 11. The van der Waals surface area contributed by atoms with Gasteiger partial charge in [0, 0.05) is 13.2 Å². The van der Waals surface area contributed by atoms with Gasteiger partial charge < -0.3 is 24.1 Å². The van der Waals surface area contributed by atoms with Gasteiger partial charge in [-0.25, -0.2) is 0 Å². The molecule has 146 valence electrons. The molecule has 27 heavy (non-hydrogen) atoms. The van der Waals surface area contributed by atoms with Crippen molar-refractivity contribution in [2.24, 2.45) is 0 Å². The Balaban J connectivity index is 1.95. The van der Waals surface area contributed by atoms with Crippen LogP contribution in [0.1, 0.15) is 20.8 Å². The molecule has 2 rings (SSSR count). The highest BCUT2D eigenvalue weighted by Gasteiger charge is 2.09. The Morgan fingerprint density at radius 2 is 1.37 bits per heavy atom. The second-order valence-electron chi connectivity index (χ2n) is 6.02. The second-order valence-corrected chi connectivity index (χ2v) is 6.02. The Morgan fingerprint density at radius 1 is 0.889 bits per heavy atom.